The molecule has 0 saturated carbocycles. The van der Waals surface area contributed by atoms with Crippen LogP contribution in [-0.4, -0.2) is 24.0 Å². The Hall–Kier alpha value is -2.33. The summed E-state index contributed by atoms with van der Waals surface area (Å²) in [6.45, 7) is 2.44. The molecule has 0 unspecified atom stereocenters. The van der Waals surface area contributed by atoms with Gasteiger partial charge in [0.05, 0.1) is 9.82 Å². The van der Waals surface area contributed by atoms with Gasteiger partial charge in [0.25, 0.3) is 0 Å². The summed E-state index contributed by atoms with van der Waals surface area (Å²) in [6, 6.07) is 8.55. The number of benzene rings is 2. The summed E-state index contributed by atoms with van der Waals surface area (Å²) in [5.41, 5.74) is -0.904. The summed E-state index contributed by atoms with van der Waals surface area (Å²) in [5.74, 6) is -1.96. The molecule has 2 aromatic rings. The standard InChI is InChI=1S/C16H14BrFN2O5S/c1-16(2,26(24,25)12-6-3-10(17)4-7-12)15(21)19-11-5-8-13(18)14(9-11)20(22)23/h3-9H,1-2H3,(H,19,21). The zero-order chi connectivity index (χ0) is 19.7. The smallest absolute Gasteiger partial charge is 0.306 e. The topological polar surface area (TPSA) is 106 Å². The lowest BCUT2D eigenvalue weighted by atomic mass is 10.2. The van der Waals surface area contributed by atoms with E-state index >= 15 is 0 Å². The number of rotatable bonds is 5. The number of anilines is 1. The number of nitrogens with zero attached hydrogens (tertiary/aromatic N) is 1. The van der Waals surface area contributed by atoms with Crippen LogP contribution in [0.4, 0.5) is 15.8 Å². The van der Waals surface area contributed by atoms with Gasteiger partial charge >= 0.3 is 5.69 Å². The number of carbonyl (C=O) groups is 1. The quantitative estimate of drug-likeness (QED) is 0.558. The molecule has 0 aliphatic carbocycles. The van der Waals surface area contributed by atoms with Gasteiger partial charge in [-0.2, -0.15) is 4.39 Å². The summed E-state index contributed by atoms with van der Waals surface area (Å²) in [6.07, 6.45) is 0. The summed E-state index contributed by atoms with van der Waals surface area (Å²) in [4.78, 5) is 22.3. The van der Waals surface area contributed by atoms with Crippen molar-refractivity contribution >= 4 is 43.0 Å². The van der Waals surface area contributed by atoms with Crippen molar-refractivity contribution in [3.8, 4) is 0 Å². The molecule has 10 heteroatoms. The van der Waals surface area contributed by atoms with E-state index in [1.54, 1.807) is 0 Å². The second kappa shape index (κ2) is 7.12. The highest BCUT2D eigenvalue weighted by Crippen LogP contribution is 2.29. The van der Waals surface area contributed by atoms with Crippen LogP contribution >= 0.6 is 15.9 Å². The van der Waals surface area contributed by atoms with Gasteiger partial charge in [0.2, 0.25) is 11.7 Å². The van der Waals surface area contributed by atoms with Crippen molar-refractivity contribution in [3.63, 3.8) is 0 Å². The Kier molecular flexibility index (Phi) is 5.47. The minimum Gasteiger partial charge on any atom is -0.324 e. The van der Waals surface area contributed by atoms with Gasteiger partial charge in [-0.25, -0.2) is 8.42 Å². The molecule has 0 radical (unpaired) electrons. The van der Waals surface area contributed by atoms with Crippen LogP contribution in [0.1, 0.15) is 13.8 Å². The van der Waals surface area contributed by atoms with Gasteiger partial charge in [0.15, 0.2) is 9.84 Å². The highest BCUT2D eigenvalue weighted by atomic mass is 79.9. The number of nitro benzene ring substituents is 1. The molecule has 7 nitrogen and oxygen atoms in total. The van der Waals surface area contributed by atoms with E-state index in [9.17, 15) is 27.7 Å². The number of halogens is 2. The molecule has 0 spiro atoms. The molecular formula is C16H14BrFN2O5S. The Labute approximate surface area is 157 Å². The summed E-state index contributed by atoms with van der Waals surface area (Å²) in [5, 5.41) is 13.1. The Balaban J connectivity index is 2.34. The first-order chi connectivity index (χ1) is 12.0. The Morgan fingerprint density at radius 2 is 1.77 bits per heavy atom. The third-order valence-electron chi connectivity index (χ3n) is 3.74. The number of sulfone groups is 1. The van der Waals surface area contributed by atoms with E-state index in [1.165, 1.54) is 38.1 Å². The number of hydrogen-bond donors (Lipinski definition) is 1. The molecule has 0 aliphatic heterocycles. The first-order valence-electron chi connectivity index (χ1n) is 7.22. The predicted octanol–water partition coefficient (Wildman–Crippen LogP) is 3.69. The zero-order valence-corrected chi connectivity index (χ0v) is 16.1. The molecule has 0 aromatic heterocycles. The van der Waals surface area contributed by atoms with E-state index in [2.05, 4.69) is 21.2 Å². The maximum Gasteiger partial charge on any atom is 0.306 e. The Morgan fingerprint density at radius 3 is 2.31 bits per heavy atom. The molecule has 0 bridgehead atoms. The second-order valence-electron chi connectivity index (χ2n) is 5.85. The van der Waals surface area contributed by atoms with Crippen molar-refractivity contribution in [2.45, 2.75) is 23.5 Å². The first kappa shape index (κ1) is 20.0. The van der Waals surface area contributed by atoms with Gasteiger partial charge < -0.3 is 5.32 Å². The fourth-order valence-electron chi connectivity index (χ4n) is 2.04. The Bertz CT molecular complexity index is 975. The third-order valence-corrected chi connectivity index (χ3v) is 6.69. The molecule has 0 fully saturated rings. The number of nitro groups is 1. The summed E-state index contributed by atoms with van der Waals surface area (Å²) >= 11 is 3.20. The van der Waals surface area contributed by atoms with Crippen molar-refractivity contribution < 1.29 is 22.5 Å². The van der Waals surface area contributed by atoms with E-state index in [4.69, 9.17) is 0 Å². The van der Waals surface area contributed by atoms with Crippen LogP contribution in [0.3, 0.4) is 0 Å². The van der Waals surface area contributed by atoms with Crippen molar-refractivity contribution in [2.75, 3.05) is 5.32 Å². The molecule has 0 aliphatic rings. The van der Waals surface area contributed by atoms with E-state index < -0.39 is 36.9 Å². The van der Waals surface area contributed by atoms with Gasteiger partial charge in [0, 0.05) is 16.2 Å². The van der Waals surface area contributed by atoms with E-state index in [0.29, 0.717) is 4.47 Å². The van der Waals surface area contributed by atoms with Crippen molar-refractivity contribution in [1.82, 2.24) is 0 Å². The molecule has 0 saturated heterocycles. The summed E-state index contributed by atoms with van der Waals surface area (Å²) in [7, 11) is -4.05. The van der Waals surface area contributed by atoms with Crippen LogP contribution in [0.15, 0.2) is 51.8 Å². The molecule has 2 rings (SSSR count). The fraction of sp³-hybridized carbons (Fsp3) is 0.188. The van der Waals surface area contributed by atoms with Crippen LogP contribution in [0.2, 0.25) is 0 Å². The minimum absolute atomic E-state index is 0.0501. The van der Waals surface area contributed by atoms with Gasteiger partial charge in [-0.05, 0) is 50.2 Å². The lowest BCUT2D eigenvalue weighted by molar-refractivity contribution is -0.387. The average Bonchev–Trinajstić information content (AvgIpc) is 2.56. The molecule has 2 aromatic carbocycles. The van der Waals surface area contributed by atoms with Gasteiger partial charge in [-0.1, -0.05) is 15.9 Å². The SMILES string of the molecule is CC(C)(C(=O)Nc1ccc(F)c([N+](=O)[O-])c1)S(=O)(=O)c1ccc(Br)cc1. The van der Waals surface area contributed by atoms with Crippen molar-refractivity contribution in [3.05, 3.63) is 62.9 Å². The molecule has 0 atom stereocenters. The van der Waals surface area contributed by atoms with Crippen LogP contribution in [-0.2, 0) is 14.6 Å². The monoisotopic (exact) mass is 444 g/mol. The Morgan fingerprint density at radius 1 is 1.19 bits per heavy atom. The highest BCUT2D eigenvalue weighted by Gasteiger charge is 2.43. The lowest BCUT2D eigenvalue weighted by Crippen LogP contribution is -2.44. The second-order valence-corrected chi connectivity index (χ2v) is 9.26. The largest absolute Gasteiger partial charge is 0.324 e. The molecule has 1 N–H and O–H groups in total. The number of carbonyl (C=O) groups excluding carboxylic acids is 1. The number of hydrogen-bond acceptors (Lipinski definition) is 5. The van der Waals surface area contributed by atoms with Crippen LogP contribution in [0.5, 0.6) is 0 Å². The minimum atomic E-state index is -4.05. The number of amides is 1. The summed E-state index contributed by atoms with van der Waals surface area (Å²) < 4.78 is 37.8. The molecule has 1 amide bonds. The maximum atomic E-state index is 13.4. The molecule has 26 heavy (non-hydrogen) atoms. The maximum absolute atomic E-state index is 13.4. The zero-order valence-electron chi connectivity index (χ0n) is 13.7. The molecular weight excluding hydrogens is 431 g/mol. The van der Waals surface area contributed by atoms with Crippen LogP contribution in [0.25, 0.3) is 0 Å². The van der Waals surface area contributed by atoms with Crippen molar-refractivity contribution in [1.29, 1.82) is 0 Å². The first-order valence-corrected chi connectivity index (χ1v) is 9.50. The average molecular weight is 445 g/mol. The van der Waals surface area contributed by atoms with Gasteiger partial charge in [-0.3, -0.25) is 14.9 Å². The molecule has 138 valence electrons. The van der Waals surface area contributed by atoms with Gasteiger partial charge in [-0.15, -0.1) is 0 Å². The van der Waals surface area contributed by atoms with Gasteiger partial charge in [0.1, 0.15) is 4.75 Å². The van der Waals surface area contributed by atoms with E-state index in [0.717, 1.165) is 18.2 Å². The third kappa shape index (κ3) is 3.75. The van der Waals surface area contributed by atoms with Crippen molar-refractivity contribution in [2.24, 2.45) is 0 Å². The highest BCUT2D eigenvalue weighted by molar-refractivity contribution is 9.10. The fourth-order valence-corrected chi connectivity index (χ4v) is 3.69. The molecule has 0 heterocycles. The van der Waals surface area contributed by atoms with Crippen LogP contribution < -0.4 is 5.32 Å². The van der Waals surface area contributed by atoms with Crippen LogP contribution in [0, 0.1) is 15.9 Å². The lowest BCUT2D eigenvalue weighted by Gasteiger charge is -2.24. The normalized spacial score (nSPS) is 11.8. The predicted molar refractivity (Wildman–Crippen MR) is 97.1 cm³/mol. The number of nitrogens with one attached hydrogen (secondary N) is 1. The van der Waals surface area contributed by atoms with E-state index in [1.807, 2.05) is 0 Å². The van der Waals surface area contributed by atoms with E-state index in [-0.39, 0.29) is 10.6 Å².